The molecule has 0 aromatic heterocycles. The van der Waals surface area contributed by atoms with Crippen molar-refractivity contribution in [1.82, 2.24) is 0 Å². The Balaban J connectivity index is 2.04. The Morgan fingerprint density at radius 3 is 2.71 bits per heavy atom. The molecule has 1 aromatic carbocycles. The topological polar surface area (TPSA) is 32.7 Å². The quantitative estimate of drug-likeness (QED) is 0.873. The summed E-state index contributed by atoms with van der Waals surface area (Å²) in [6.45, 7) is 0. The van der Waals surface area contributed by atoms with Crippen molar-refractivity contribution in [3.63, 3.8) is 0 Å². The molecule has 3 nitrogen and oxygen atoms in total. The number of nitrogens with zero attached hydrogens (tertiary/aromatic N) is 1. The van der Waals surface area contributed by atoms with Gasteiger partial charge in [0, 0.05) is 25.8 Å². The van der Waals surface area contributed by atoms with Crippen LogP contribution >= 0.6 is 0 Å². The highest BCUT2D eigenvalue weighted by Gasteiger charge is 2.24. The maximum absolute atomic E-state index is 9.87. The van der Waals surface area contributed by atoms with E-state index in [0.717, 1.165) is 37.1 Å². The van der Waals surface area contributed by atoms with Gasteiger partial charge in [0.25, 0.3) is 0 Å². The predicted octanol–water partition coefficient (Wildman–Crippen LogP) is 2.43. The number of benzene rings is 1. The smallest absolute Gasteiger partial charge is 0.124 e. The summed E-state index contributed by atoms with van der Waals surface area (Å²) < 4.78 is 5.88. The monoisotopic (exact) mass is 235 g/mol. The zero-order valence-corrected chi connectivity index (χ0v) is 10.6. The second kappa shape index (κ2) is 5.41. The van der Waals surface area contributed by atoms with Gasteiger partial charge in [0.1, 0.15) is 11.9 Å². The number of rotatable bonds is 3. The maximum Gasteiger partial charge on any atom is 0.124 e. The third-order valence-corrected chi connectivity index (χ3v) is 3.29. The Kier molecular flexibility index (Phi) is 3.89. The van der Waals surface area contributed by atoms with Crippen LogP contribution in [0.2, 0.25) is 0 Å². The van der Waals surface area contributed by atoms with Crippen LogP contribution in [0, 0.1) is 0 Å². The third-order valence-electron chi connectivity index (χ3n) is 3.29. The van der Waals surface area contributed by atoms with Gasteiger partial charge >= 0.3 is 0 Å². The molecule has 1 saturated carbocycles. The third kappa shape index (κ3) is 3.13. The van der Waals surface area contributed by atoms with Crippen molar-refractivity contribution in [3.8, 4) is 5.75 Å². The summed E-state index contributed by atoms with van der Waals surface area (Å²) in [6, 6.07) is 8.00. The summed E-state index contributed by atoms with van der Waals surface area (Å²) in [6.07, 6.45) is 3.71. The molecule has 17 heavy (non-hydrogen) atoms. The molecule has 1 aromatic rings. The van der Waals surface area contributed by atoms with Crippen LogP contribution in [-0.2, 0) is 0 Å². The largest absolute Gasteiger partial charge is 0.488 e. The van der Waals surface area contributed by atoms with E-state index in [1.54, 1.807) is 0 Å². The minimum Gasteiger partial charge on any atom is -0.488 e. The van der Waals surface area contributed by atoms with Crippen LogP contribution in [0.5, 0.6) is 5.75 Å². The summed E-state index contributed by atoms with van der Waals surface area (Å²) in [5, 5.41) is 9.87. The lowest BCUT2D eigenvalue weighted by Gasteiger charge is -2.28. The van der Waals surface area contributed by atoms with Crippen molar-refractivity contribution in [3.05, 3.63) is 24.3 Å². The van der Waals surface area contributed by atoms with E-state index in [1.165, 1.54) is 0 Å². The van der Waals surface area contributed by atoms with Crippen molar-refractivity contribution >= 4 is 5.69 Å². The normalized spacial score (nSPS) is 24.4. The van der Waals surface area contributed by atoms with Crippen LogP contribution in [0.1, 0.15) is 25.7 Å². The molecule has 94 valence electrons. The van der Waals surface area contributed by atoms with Gasteiger partial charge in [-0.25, -0.2) is 0 Å². The maximum atomic E-state index is 9.87. The average molecular weight is 235 g/mol. The van der Waals surface area contributed by atoms with Crippen molar-refractivity contribution in [2.75, 3.05) is 19.0 Å². The molecular formula is C14H21NO2. The first-order chi connectivity index (χ1) is 8.16. The van der Waals surface area contributed by atoms with Gasteiger partial charge in [-0.2, -0.15) is 0 Å². The number of hydrogen-bond acceptors (Lipinski definition) is 3. The molecule has 0 aliphatic heterocycles. The SMILES string of the molecule is CN(C)c1cccc(O[C@@H]2CCCC[C@H]2O)c1. The van der Waals surface area contributed by atoms with Gasteiger partial charge in [0.05, 0.1) is 6.10 Å². The molecule has 0 radical (unpaired) electrons. The van der Waals surface area contributed by atoms with Crippen LogP contribution in [0.15, 0.2) is 24.3 Å². The highest BCUT2D eigenvalue weighted by atomic mass is 16.5. The molecule has 2 atom stereocenters. The summed E-state index contributed by atoms with van der Waals surface area (Å²) >= 11 is 0. The van der Waals surface area contributed by atoms with Gasteiger partial charge < -0.3 is 14.7 Å². The van der Waals surface area contributed by atoms with Gasteiger partial charge in [0.15, 0.2) is 0 Å². The summed E-state index contributed by atoms with van der Waals surface area (Å²) in [5.41, 5.74) is 1.12. The van der Waals surface area contributed by atoms with Gasteiger partial charge in [0.2, 0.25) is 0 Å². The first kappa shape index (κ1) is 12.2. The van der Waals surface area contributed by atoms with Crippen LogP contribution in [-0.4, -0.2) is 31.4 Å². The van der Waals surface area contributed by atoms with Crippen molar-refractivity contribution in [2.45, 2.75) is 37.9 Å². The van der Waals surface area contributed by atoms with Crippen molar-refractivity contribution < 1.29 is 9.84 Å². The molecule has 3 heteroatoms. The lowest BCUT2D eigenvalue weighted by molar-refractivity contribution is 0.00690. The average Bonchev–Trinajstić information content (AvgIpc) is 2.32. The molecule has 0 saturated heterocycles. The molecule has 1 fully saturated rings. The molecule has 0 bridgehead atoms. The lowest BCUT2D eigenvalue weighted by Crippen LogP contribution is -2.34. The Morgan fingerprint density at radius 2 is 2.00 bits per heavy atom. The molecule has 2 rings (SSSR count). The minimum atomic E-state index is -0.313. The lowest BCUT2D eigenvalue weighted by atomic mass is 9.95. The summed E-state index contributed by atoms with van der Waals surface area (Å²) in [5.74, 6) is 0.849. The van der Waals surface area contributed by atoms with Gasteiger partial charge in [-0.15, -0.1) is 0 Å². The van der Waals surface area contributed by atoms with E-state index in [0.29, 0.717) is 0 Å². The number of aliphatic hydroxyl groups excluding tert-OH is 1. The molecule has 0 heterocycles. The number of ether oxygens (including phenoxy) is 1. The van der Waals surface area contributed by atoms with Gasteiger partial charge in [-0.1, -0.05) is 12.5 Å². The Hall–Kier alpha value is -1.22. The first-order valence-corrected chi connectivity index (χ1v) is 6.29. The predicted molar refractivity (Wildman–Crippen MR) is 69.7 cm³/mol. The fraction of sp³-hybridized carbons (Fsp3) is 0.571. The van der Waals surface area contributed by atoms with E-state index in [4.69, 9.17) is 4.74 Å². The highest BCUT2D eigenvalue weighted by Crippen LogP contribution is 2.26. The van der Waals surface area contributed by atoms with Crippen LogP contribution in [0.25, 0.3) is 0 Å². The van der Waals surface area contributed by atoms with E-state index in [2.05, 4.69) is 0 Å². The van der Waals surface area contributed by atoms with Crippen LogP contribution < -0.4 is 9.64 Å². The standard InChI is InChI=1S/C14H21NO2/c1-15(2)11-6-5-7-12(10-11)17-14-9-4-3-8-13(14)16/h5-7,10,13-14,16H,3-4,8-9H2,1-2H3/t13-,14-/m1/s1. The summed E-state index contributed by atoms with van der Waals surface area (Å²) in [7, 11) is 4.02. The van der Waals surface area contributed by atoms with Gasteiger partial charge in [-0.05, 0) is 31.4 Å². The fourth-order valence-corrected chi connectivity index (χ4v) is 2.22. The minimum absolute atomic E-state index is 0.0406. The Morgan fingerprint density at radius 1 is 1.24 bits per heavy atom. The Bertz CT molecular complexity index is 365. The van der Waals surface area contributed by atoms with E-state index in [9.17, 15) is 5.11 Å². The molecule has 1 aliphatic rings. The molecule has 0 amide bonds. The van der Waals surface area contributed by atoms with Crippen LogP contribution in [0.3, 0.4) is 0 Å². The number of hydrogen-bond donors (Lipinski definition) is 1. The molecule has 1 N–H and O–H groups in total. The first-order valence-electron chi connectivity index (χ1n) is 6.29. The number of anilines is 1. The van der Waals surface area contributed by atoms with Crippen LogP contribution in [0.4, 0.5) is 5.69 Å². The zero-order valence-electron chi connectivity index (χ0n) is 10.6. The molecule has 1 aliphatic carbocycles. The zero-order chi connectivity index (χ0) is 12.3. The van der Waals surface area contributed by atoms with Gasteiger partial charge in [-0.3, -0.25) is 0 Å². The number of aliphatic hydroxyl groups is 1. The Labute approximate surface area is 103 Å². The fourth-order valence-electron chi connectivity index (χ4n) is 2.22. The van der Waals surface area contributed by atoms with Crippen molar-refractivity contribution in [1.29, 1.82) is 0 Å². The highest BCUT2D eigenvalue weighted by molar-refractivity contribution is 5.49. The van der Waals surface area contributed by atoms with E-state index in [-0.39, 0.29) is 12.2 Å². The van der Waals surface area contributed by atoms with Crippen molar-refractivity contribution in [2.24, 2.45) is 0 Å². The second-order valence-corrected chi connectivity index (χ2v) is 4.90. The van der Waals surface area contributed by atoms with E-state index >= 15 is 0 Å². The second-order valence-electron chi connectivity index (χ2n) is 4.90. The summed E-state index contributed by atoms with van der Waals surface area (Å²) in [4.78, 5) is 2.05. The van der Waals surface area contributed by atoms with E-state index in [1.807, 2.05) is 43.3 Å². The molecular weight excluding hydrogens is 214 g/mol. The van der Waals surface area contributed by atoms with E-state index < -0.39 is 0 Å². The molecule has 0 spiro atoms. The molecule has 0 unspecified atom stereocenters.